The lowest BCUT2D eigenvalue weighted by molar-refractivity contribution is 0.0898. The average Bonchev–Trinajstić information content (AvgIpc) is 2.49. The van der Waals surface area contributed by atoms with Crippen LogP contribution < -0.4 is 11.1 Å². The highest BCUT2D eigenvalue weighted by Crippen LogP contribution is 2.27. The standard InChI is InChI=1S/C17H24N4O2/c1-11-5-8-18-14-13(11)19-15(22)16(23)21(14)12-6-9-20(10-7-12)17(2,3)4/h5,8,12H,6-7,9-10H2,1-4H3,(H,19,22). The van der Waals surface area contributed by atoms with Gasteiger partial charge in [0, 0.05) is 30.9 Å². The third-order valence-electron chi connectivity index (χ3n) is 4.80. The van der Waals surface area contributed by atoms with Crippen molar-refractivity contribution in [3.63, 3.8) is 0 Å². The van der Waals surface area contributed by atoms with Gasteiger partial charge >= 0.3 is 11.1 Å². The summed E-state index contributed by atoms with van der Waals surface area (Å²) in [4.78, 5) is 33.9. The Kier molecular flexibility index (Phi) is 3.88. The number of nitrogens with zero attached hydrogens (tertiary/aromatic N) is 3. The molecule has 1 aliphatic rings. The van der Waals surface area contributed by atoms with Gasteiger partial charge in [0.2, 0.25) is 0 Å². The van der Waals surface area contributed by atoms with E-state index in [0.717, 1.165) is 31.5 Å². The number of hydrogen-bond acceptors (Lipinski definition) is 4. The third-order valence-corrected chi connectivity index (χ3v) is 4.80. The van der Waals surface area contributed by atoms with Crippen molar-refractivity contribution in [3.8, 4) is 0 Å². The first-order chi connectivity index (χ1) is 10.8. The molecule has 6 heteroatoms. The van der Waals surface area contributed by atoms with E-state index in [4.69, 9.17) is 0 Å². The lowest BCUT2D eigenvalue weighted by atomic mass is 9.98. The molecule has 1 aliphatic heterocycles. The molecule has 0 amide bonds. The Bertz CT molecular complexity index is 836. The topological polar surface area (TPSA) is 71.0 Å². The molecule has 6 nitrogen and oxygen atoms in total. The van der Waals surface area contributed by atoms with Gasteiger partial charge in [-0.15, -0.1) is 0 Å². The highest BCUT2D eigenvalue weighted by atomic mass is 16.2. The second-order valence-electron chi connectivity index (χ2n) is 7.34. The molecule has 0 unspecified atom stereocenters. The summed E-state index contributed by atoms with van der Waals surface area (Å²) in [5.74, 6) is 0. The maximum absolute atomic E-state index is 12.4. The van der Waals surface area contributed by atoms with Gasteiger partial charge in [-0.3, -0.25) is 19.1 Å². The van der Waals surface area contributed by atoms with Gasteiger partial charge in [-0.05, 0) is 52.2 Å². The van der Waals surface area contributed by atoms with Crippen LogP contribution in [0.3, 0.4) is 0 Å². The summed E-state index contributed by atoms with van der Waals surface area (Å²) >= 11 is 0. The summed E-state index contributed by atoms with van der Waals surface area (Å²) in [5.41, 5.74) is 1.24. The number of fused-ring (bicyclic) bond motifs is 1. The number of aromatic nitrogens is 3. The van der Waals surface area contributed by atoms with E-state index in [9.17, 15) is 9.59 Å². The Morgan fingerprint density at radius 1 is 1.22 bits per heavy atom. The molecule has 1 fully saturated rings. The van der Waals surface area contributed by atoms with Crippen LogP contribution in [0, 0.1) is 6.92 Å². The van der Waals surface area contributed by atoms with Crippen LogP contribution in [0.25, 0.3) is 11.2 Å². The number of rotatable bonds is 1. The molecule has 1 N–H and O–H groups in total. The SMILES string of the molecule is Cc1ccnc2c1[nH]c(=O)c(=O)n2C1CCN(C(C)(C)C)CC1. The lowest BCUT2D eigenvalue weighted by Gasteiger charge is -2.41. The summed E-state index contributed by atoms with van der Waals surface area (Å²) in [6.07, 6.45) is 3.40. The van der Waals surface area contributed by atoms with Crippen LogP contribution in [-0.2, 0) is 0 Å². The molecule has 0 saturated carbocycles. The molecule has 0 spiro atoms. The number of likely N-dealkylation sites (tertiary alicyclic amines) is 1. The van der Waals surface area contributed by atoms with Gasteiger partial charge in [0.05, 0.1) is 5.52 Å². The van der Waals surface area contributed by atoms with E-state index in [1.807, 2.05) is 13.0 Å². The fourth-order valence-electron chi connectivity index (χ4n) is 3.39. The quantitative estimate of drug-likeness (QED) is 0.815. The molecule has 0 aromatic carbocycles. The molecule has 124 valence electrons. The summed E-state index contributed by atoms with van der Waals surface area (Å²) in [6.45, 7) is 10.4. The van der Waals surface area contributed by atoms with Crippen LogP contribution >= 0.6 is 0 Å². The van der Waals surface area contributed by atoms with Crippen molar-refractivity contribution in [2.75, 3.05) is 13.1 Å². The van der Waals surface area contributed by atoms with Crippen molar-refractivity contribution < 1.29 is 0 Å². The highest BCUT2D eigenvalue weighted by molar-refractivity contribution is 5.73. The Balaban J connectivity index is 2.04. The van der Waals surface area contributed by atoms with E-state index >= 15 is 0 Å². The number of hydrogen-bond donors (Lipinski definition) is 1. The molecule has 0 bridgehead atoms. The second kappa shape index (κ2) is 5.60. The second-order valence-corrected chi connectivity index (χ2v) is 7.34. The maximum Gasteiger partial charge on any atom is 0.318 e. The van der Waals surface area contributed by atoms with E-state index in [1.165, 1.54) is 0 Å². The van der Waals surface area contributed by atoms with Gasteiger partial charge in [0.1, 0.15) is 0 Å². The molecule has 3 heterocycles. The zero-order valence-corrected chi connectivity index (χ0v) is 14.2. The van der Waals surface area contributed by atoms with Crippen LogP contribution in [-0.4, -0.2) is 38.1 Å². The van der Waals surface area contributed by atoms with Crippen LogP contribution in [0.1, 0.15) is 45.2 Å². The van der Waals surface area contributed by atoms with Gasteiger partial charge in [-0.2, -0.15) is 0 Å². The van der Waals surface area contributed by atoms with Gasteiger partial charge < -0.3 is 4.98 Å². The smallest absolute Gasteiger partial charge is 0.314 e. The van der Waals surface area contributed by atoms with E-state index in [1.54, 1.807) is 10.8 Å². The molecule has 23 heavy (non-hydrogen) atoms. The number of pyridine rings is 1. The molecule has 0 aliphatic carbocycles. The largest absolute Gasteiger partial charge is 0.318 e. The molecule has 2 aromatic heterocycles. The van der Waals surface area contributed by atoms with Crippen molar-refractivity contribution >= 4 is 11.2 Å². The minimum absolute atomic E-state index is 0.0280. The Morgan fingerprint density at radius 2 is 1.87 bits per heavy atom. The van der Waals surface area contributed by atoms with E-state index < -0.39 is 11.1 Å². The lowest BCUT2D eigenvalue weighted by Crippen LogP contribution is -2.48. The molecule has 1 saturated heterocycles. The first-order valence-corrected chi connectivity index (χ1v) is 8.14. The summed E-state index contributed by atoms with van der Waals surface area (Å²) < 4.78 is 1.61. The Morgan fingerprint density at radius 3 is 2.48 bits per heavy atom. The maximum atomic E-state index is 12.4. The molecule has 3 rings (SSSR count). The number of H-pyrrole nitrogens is 1. The average molecular weight is 316 g/mol. The number of aryl methyl sites for hydroxylation is 1. The van der Waals surface area contributed by atoms with Crippen molar-refractivity contribution in [1.82, 2.24) is 19.4 Å². The van der Waals surface area contributed by atoms with E-state index in [0.29, 0.717) is 11.2 Å². The molecule has 0 radical (unpaired) electrons. The van der Waals surface area contributed by atoms with Crippen molar-refractivity contribution in [2.45, 2.75) is 52.1 Å². The first kappa shape index (κ1) is 15.9. The van der Waals surface area contributed by atoms with Gasteiger partial charge in [0.15, 0.2) is 5.65 Å². The zero-order valence-electron chi connectivity index (χ0n) is 14.2. The van der Waals surface area contributed by atoms with Crippen LogP contribution in [0.2, 0.25) is 0 Å². The van der Waals surface area contributed by atoms with Crippen molar-refractivity contribution in [1.29, 1.82) is 0 Å². The van der Waals surface area contributed by atoms with Gasteiger partial charge in [-0.1, -0.05) is 0 Å². The monoisotopic (exact) mass is 316 g/mol. The van der Waals surface area contributed by atoms with E-state index in [2.05, 4.69) is 35.6 Å². The molecule has 0 atom stereocenters. The van der Waals surface area contributed by atoms with Crippen LogP contribution in [0.4, 0.5) is 0 Å². The Hall–Kier alpha value is -1.95. The Labute approximate surface area is 135 Å². The van der Waals surface area contributed by atoms with Crippen molar-refractivity contribution in [3.05, 3.63) is 38.5 Å². The minimum Gasteiger partial charge on any atom is -0.314 e. The predicted octanol–water partition coefficient (Wildman–Crippen LogP) is 1.83. The molecular weight excluding hydrogens is 292 g/mol. The fourth-order valence-corrected chi connectivity index (χ4v) is 3.39. The van der Waals surface area contributed by atoms with Crippen LogP contribution in [0.5, 0.6) is 0 Å². The molecule has 2 aromatic rings. The first-order valence-electron chi connectivity index (χ1n) is 8.14. The highest BCUT2D eigenvalue weighted by Gasteiger charge is 2.29. The zero-order chi connectivity index (χ0) is 16.8. The van der Waals surface area contributed by atoms with E-state index in [-0.39, 0.29) is 11.6 Å². The summed E-state index contributed by atoms with van der Waals surface area (Å²) in [6, 6.07) is 1.87. The third kappa shape index (κ3) is 2.83. The fraction of sp³-hybridized carbons (Fsp3) is 0.588. The molecular formula is C17H24N4O2. The van der Waals surface area contributed by atoms with Gasteiger partial charge in [-0.25, -0.2) is 4.98 Å². The predicted molar refractivity (Wildman–Crippen MR) is 91.0 cm³/mol. The number of aromatic amines is 1. The van der Waals surface area contributed by atoms with Crippen molar-refractivity contribution in [2.24, 2.45) is 0 Å². The normalized spacial score (nSPS) is 17.7. The summed E-state index contributed by atoms with van der Waals surface area (Å²) in [7, 11) is 0. The van der Waals surface area contributed by atoms with Crippen LogP contribution in [0.15, 0.2) is 21.9 Å². The van der Waals surface area contributed by atoms with Gasteiger partial charge in [0.25, 0.3) is 0 Å². The number of nitrogens with one attached hydrogen (secondary N) is 1. The summed E-state index contributed by atoms with van der Waals surface area (Å²) in [5, 5.41) is 0. The minimum atomic E-state index is -0.563. The number of piperidine rings is 1.